The van der Waals surface area contributed by atoms with Crippen LogP contribution in [-0.4, -0.2) is 40.5 Å². The van der Waals surface area contributed by atoms with Crippen LogP contribution in [0.3, 0.4) is 0 Å². The van der Waals surface area contributed by atoms with E-state index in [9.17, 15) is 14.7 Å². The minimum Gasteiger partial charge on any atom is -0.543 e. The molecule has 0 saturated carbocycles. The van der Waals surface area contributed by atoms with Crippen LogP contribution in [0.25, 0.3) is 0 Å². The largest absolute Gasteiger partial charge is 0.543 e. The topological polar surface area (TPSA) is 102 Å². The van der Waals surface area contributed by atoms with E-state index in [0.29, 0.717) is 17.9 Å². The molecule has 1 unspecified atom stereocenters. The van der Waals surface area contributed by atoms with Crippen molar-refractivity contribution < 1.29 is 19.3 Å². The Kier molecular flexibility index (Phi) is 3.79. The van der Waals surface area contributed by atoms with E-state index >= 15 is 0 Å². The van der Waals surface area contributed by atoms with Gasteiger partial charge in [-0.2, -0.15) is 0 Å². The number of nitrogens with two attached hydrogens (primary N) is 1. The van der Waals surface area contributed by atoms with Crippen LogP contribution in [0.15, 0.2) is 35.7 Å². The van der Waals surface area contributed by atoms with Crippen molar-refractivity contribution in [1.29, 1.82) is 0 Å². The summed E-state index contributed by atoms with van der Waals surface area (Å²) in [4.78, 5) is 24.5. The number of aryl methyl sites for hydroxylation is 1. The highest BCUT2D eigenvalue weighted by Crippen LogP contribution is 2.39. The van der Waals surface area contributed by atoms with Crippen molar-refractivity contribution in [3.8, 4) is 0 Å². The smallest absolute Gasteiger partial charge is 0.274 e. The Hall–Kier alpha value is -2.06. The second kappa shape index (κ2) is 5.62. The van der Waals surface area contributed by atoms with Crippen LogP contribution in [0, 0.1) is 0 Å². The number of carboxylic acids is 1. The summed E-state index contributed by atoms with van der Waals surface area (Å²) in [6.07, 6.45) is 1.89. The molecule has 1 amide bonds. The highest BCUT2D eigenvalue weighted by atomic mass is 32.2. The molecular weight excluding hydrogens is 304 g/mol. The fourth-order valence-electron chi connectivity index (χ4n) is 2.61. The third kappa shape index (κ3) is 2.34. The number of hydrogen-bond donors (Lipinski definition) is 2. The Morgan fingerprint density at radius 2 is 2.36 bits per heavy atom. The third-order valence-corrected chi connectivity index (χ3v) is 5.18. The van der Waals surface area contributed by atoms with Gasteiger partial charge in [0.05, 0.1) is 24.9 Å². The Morgan fingerprint density at radius 1 is 1.59 bits per heavy atom. The monoisotopic (exact) mass is 320 g/mol. The van der Waals surface area contributed by atoms with Gasteiger partial charge in [0, 0.05) is 17.4 Å². The van der Waals surface area contributed by atoms with Gasteiger partial charge in [0.1, 0.15) is 18.0 Å². The first-order chi connectivity index (χ1) is 10.5. The molecule has 3 rings (SSSR count). The van der Waals surface area contributed by atoms with Crippen molar-refractivity contribution in [1.82, 2.24) is 4.90 Å². The number of nitrogens with one attached hydrogen (secondary N) is 1. The molecule has 0 aromatic carbocycles. The number of amides is 1. The van der Waals surface area contributed by atoms with Gasteiger partial charge in [0.25, 0.3) is 5.82 Å². The quantitative estimate of drug-likeness (QED) is 0.500. The summed E-state index contributed by atoms with van der Waals surface area (Å²) < 4.78 is 1.89. The number of fused-ring (bicyclic) bond motifs is 1. The van der Waals surface area contributed by atoms with E-state index in [2.05, 4.69) is 5.32 Å². The van der Waals surface area contributed by atoms with Crippen LogP contribution < -0.4 is 20.7 Å². The maximum absolute atomic E-state index is 11.8. The van der Waals surface area contributed by atoms with Crippen molar-refractivity contribution in [2.24, 2.45) is 12.8 Å². The van der Waals surface area contributed by atoms with Gasteiger partial charge < -0.3 is 15.6 Å². The Morgan fingerprint density at radius 3 is 3.05 bits per heavy atom. The number of β-lactam (4-membered cyclic amide) rings is 1. The van der Waals surface area contributed by atoms with E-state index in [1.807, 2.05) is 36.0 Å². The predicted octanol–water partition coefficient (Wildman–Crippen LogP) is -1.83. The van der Waals surface area contributed by atoms with Gasteiger partial charge in [-0.3, -0.25) is 15.0 Å². The Bertz CT molecular complexity index is 676. The third-order valence-electron chi connectivity index (χ3n) is 3.82. The second-order valence-electron chi connectivity index (χ2n) is 5.23. The maximum atomic E-state index is 11.8. The molecule has 0 spiro atoms. The normalized spacial score (nSPS) is 23.9. The summed E-state index contributed by atoms with van der Waals surface area (Å²) in [5.74, 6) is -0.333. The number of aromatic nitrogens is 1. The molecule has 116 valence electrons. The number of nitrogens with zero attached hydrogens (tertiary/aromatic N) is 2. The lowest BCUT2D eigenvalue weighted by molar-refractivity contribution is -0.657. The van der Waals surface area contributed by atoms with Crippen LogP contribution in [-0.2, 0) is 16.6 Å². The number of aliphatic carboxylic acids is 1. The van der Waals surface area contributed by atoms with Crippen molar-refractivity contribution in [3.63, 3.8) is 0 Å². The van der Waals surface area contributed by atoms with Gasteiger partial charge in [-0.25, -0.2) is 4.57 Å². The molecule has 0 aliphatic carbocycles. The van der Waals surface area contributed by atoms with Crippen LogP contribution in [0.2, 0.25) is 0 Å². The van der Waals surface area contributed by atoms with Gasteiger partial charge in [-0.1, -0.05) is 6.07 Å². The molecule has 2 aliphatic heterocycles. The second-order valence-corrected chi connectivity index (χ2v) is 6.33. The molecule has 1 saturated heterocycles. The molecule has 1 aromatic rings. The van der Waals surface area contributed by atoms with E-state index in [1.54, 1.807) is 0 Å². The molecule has 2 atom stereocenters. The number of carboxylic acid groups (broad SMARTS) is 1. The molecular formula is C14H16N4O3S. The molecule has 22 heavy (non-hydrogen) atoms. The molecule has 0 radical (unpaired) electrons. The minimum atomic E-state index is -1.33. The number of hydrogen-bond acceptors (Lipinski definition) is 6. The first-order valence-corrected chi connectivity index (χ1v) is 7.87. The first-order valence-electron chi connectivity index (χ1n) is 6.83. The SMILES string of the molecule is C[n+]1ccccc1NCC1=C(C(=O)[O-])N2C(=O)C(N)[C@H]2SC1. The van der Waals surface area contributed by atoms with Gasteiger partial charge in [0.15, 0.2) is 0 Å². The van der Waals surface area contributed by atoms with Crippen LogP contribution in [0.5, 0.6) is 0 Å². The first kappa shape index (κ1) is 14.9. The highest BCUT2D eigenvalue weighted by molar-refractivity contribution is 8.00. The number of pyridine rings is 1. The van der Waals surface area contributed by atoms with E-state index in [0.717, 1.165) is 5.82 Å². The number of anilines is 1. The zero-order valence-electron chi connectivity index (χ0n) is 12.0. The van der Waals surface area contributed by atoms with E-state index in [-0.39, 0.29) is 17.0 Å². The van der Waals surface area contributed by atoms with Gasteiger partial charge in [-0.15, -0.1) is 11.8 Å². The Balaban J connectivity index is 1.83. The lowest BCUT2D eigenvalue weighted by Gasteiger charge is -2.49. The van der Waals surface area contributed by atoms with Crippen molar-refractivity contribution in [2.75, 3.05) is 17.6 Å². The van der Waals surface area contributed by atoms with Crippen molar-refractivity contribution in [3.05, 3.63) is 35.7 Å². The molecule has 2 aliphatic rings. The number of thioether (sulfide) groups is 1. The van der Waals surface area contributed by atoms with E-state index < -0.39 is 12.0 Å². The molecule has 3 heterocycles. The van der Waals surface area contributed by atoms with Crippen LogP contribution in [0.4, 0.5) is 5.82 Å². The summed E-state index contributed by atoms with van der Waals surface area (Å²) in [5, 5.41) is 14.3. The summed E-state index contributed by atoms with van der Waals surface area (Å²) in [6, 6.07) is 5.06. The van der Waals surface area contributed by atoms with Gasteiger partial charge in [0.2, 0.25) is 5.91 Å². The fraction of sp³-hybridized carbons (Fsp3) is 0.357. The highest BCUT2D eigenvalue weighted by Gasteiger charge is 2.50. The fourth-order valence-corrected chi connectivity index (χ4v) is 3.90. The van der Waals surface area contributed by atoms with Gasteiger partial charge in [-0.05, 0) is 6.07 Å². The average Bonchev–Trinajstić information content (AvgIpc) is 2.52. The van der Waals surface area contributed by atoms with E-state index in [1.165, 1.54) is 16.7 Å². The lowest BCUT2D eigenvalue weighted by Crippen LogP contribution is -2.69. The standard InChI is InChI=1S/C14H16N4O3S/c1-17-5-3-2-4-9(17)16-6-8-7-22-13-10(15)12(19)18(13)11(8)14(20)21/h2-5,10,13H,6-7,15H2,1H3,(H,20,21)/t10?,13-/m1/s1. The molecule has 3 N–H and O–H groups in total. The Labute approximate surface area is 131 Å². The summed E-state index contributed by atoms with van der Waals surface area (Å²) >= 11 is 1.48. The number of carbonyl (C=O) groups is 2. The van der Waals surface area contributed by atoms with E-state index in [4.69, 9.17) is 5.73 Å². The van der Waals surface area contributed by atoms with Gasteiger partial charge >= 0.3 is 0 Å². The summed E-state index contributed by atoms with van der Waals surface area (Å²) in [6.45, 7) is 0.333. The summed E-state index contributed by atoms with van der Waals surface area (Å²) in [7, 11) is 1.89. The molecule has 7 nitrogen and oxygen atoms in total. The molecule has 0 bridgehead atoms. The zero-order valence-corrected chi connectivity index (χ0v) is 12.8. The van der Waals surface area contributed by atoms with Crippen molar-refractivity contribution >= 4 is 29.5 Å². The van der Waals surface area contributed by atoms with Crippen LogP contribution >= 0.6 is 11.8 Å². The zero-order chi connectivity index (χ0) is 15.9. The average molecular weight is 320 g/mol. The lowest BCUT2D eigenvalue weighted by atomic mass is 10.0. The predicted molar refractivity (Wildman–Crippen MR) is 79.2 cm³/mol. The number of carbonyl (C=O) groups excluding carboxylic acids is 2. The van der Waals surface area contributed by atoms with Crippen LogP contribution in [0.1, 0.15) is 0 Å². The molecule has 8 heteroatoms. The summed E-state index contributed by atoms with van der Waals surface area (Å²) in [5.41, 5.74) is 6.29. The molecule has 1 fully saturated rings. The van der Waals surface area contributed by atoms with Crippen molar-refractivity contribution in [2.45, 2.75) is 11.4 Å². The number of rotatable bonds is 4. The maximum Gasteiger partial charge on any atom is 0.274 e. The minimum absolute atomic E-state index is 0.0402. The molecule has 1 aromatic heterocycles.